The predicted octanol–water partition coefficient (Wildman–Crippen LogP) is 2.31. The van der Waals surface area contributed by atoms with Crippen LogP contribution in [0.1, 0.15) is 27.0 Å². The zero-order valence-electron chi connectivity index (χ0n) is 14.1. The Balaban J connectivity index is 2.28. The number of halogens is 1. The van der Waals surface area contributed by atoms with Gasteiger partial charge in [0, 0.05) is 12.3 Å². The lowest BCUT2D eigenvalue weighted by atomic mass is 10.2. The van der Waals surface area contributed by atoms with Gasteiger partial charge in [-0.2, -0.15) is 0 Å². The van der Waals surface area contributed by atoms with E-state index >= 15 is 0 Å². The Labute approximate surface area is 135 Å². The number of H-pyrrole nitrogens is 1. The number of aromatic amines is 1. The van der Waals surface area contributed by atoms with Gasteiger partial charge >= 0.3 is 5.69 Å². The second kappa shape index (κ2) is 5.75. The molecule has 1 unspecified atom stereocenters. The van der Waals surface area contributed by atoms with Crippen molar-refractivity contribution in [1.82, 2.24) is 9.55 Å². The van der Waals surface area contributed by atoms with Crippen LogP contribution in [-0.4, -0.2) is 30.1 Å². The molecule has 128 valence electrons. The van der Waals surface area contributed by atoms with Crippen molar-refractivity contribution in [2.24, 2.45) is 0 Å². The molecule has 0 aliphatic carbocycles. The van der Waals surface area contributed by atoms with Crippen molar-refractivity contribution < 1.29 is 13.6 Å². The molecular formula is C15H23FN2O4Si. The van der Waals surface area contributed by atoms with Crippen molar-refractivity contribution >= 4 is 8.32 Å². The lowest BCUT2D eigenvalue weighted by molar-refractivity contribution is 0.0354. The van der Waals surface area contributed by atoms with Crippen LogP contribution < -0.4 is 11.2 Å². The van der Waals surface area contributed by atoms with E-state index < -0.39 is 38.1 Å². The Kier molecular flexibility index (Phi) is 4.42. The highest BCUT2D eigenvalue weighted by molar-refractivity contribution is 6.74. The van der Waals surface area contributed by atoms with Crippen molar-refractivity contribution in [2.45, 2.75) is 57.4 Å². The van der Waals surface area contributed by atoms with Gasteiger partial charge in [0.1, 0.15) is 11.9 Å². The Hall–Kier alpha value is -1.67. The monoisotopic (exact) mass is 342 g/mol. The third-order valence-corrected chi connectivity index (χ3v) is 8.96. The summed E-state index contributed by atoms with van der Waals surface area (Å²) >= 11 is 0. The lowest BCUT2D eigenvalue weighted by Gasteiger charge is -2.38. The summed E-state index contributed by atoms with van der Waals surface area (Å²) in [6.07, 6.45) is -2.50. The molecule has 3 atom stereocenters. The molecule has 2 heterocycles. The molecule has 1 aliphatic rings. The van der Waals surface area contributed by atoms with Crippen molar-refractivity contribution in [1.29, 1.82) is 0 Å². The van der Waals surface area contributed by atoms with E-state index in [0.29, 0.717) is 0 Å². The minimum Gasteiger partial charge on any atom is -0.469 e. The molecule has 1 aliphatic heterocycles. The number of nitrogens with one attached hydrogen (secondary N) is 1. The zero-order valence-corrected chi connectivity index (χ0v) is 15.1. The summed E-state index contributed by atoms with van der Waals surface area (Å²) in [6, 6.07) is 1.14. The fraction of sp³-hybridized carbons (Fsp3) is 0.600. The van der Waals surface area contributed by atoms with Gasteiger partial charge in [-0.15, -0.1) is 0 Å². The van der Waals surface area contributed by atoms with Crippen LogP contribution in [0.3, 0.4) is 0 Å². The molecule has 2 rings (SSSR count). The molecule has 23 heavy (non-hydrogen) atoms. The molecule has 6 nitrogen and oxygen atoms in total. The van der Waals surface area contributed by atoms with Crippen LogP contribution in [-0.2, 0) is 9.16 Å². The fourth-order valence-corrected chi connectivity index (χ4v) is 3.33. The van der Waals surface area contributed by atoms with E-state index in [1.165, 1.54) is 6.20 Å². The summed E-state index contributed by atoms with van der Waals surface area (Å²) in [5.74, 6) is 0.158. The van der Waals surface area contributed by atoms with Gasteiger partial charge in [0.15, 0.2) is 14.5 Å². The Bertz CT molecular complexity index is 719. The first-order valence-corrected chi connectivity index (χ1v) is 10.3. The minimum atomic E-state index is -2.23. The quantitative estimate of drug-likeness (QED) is 0.856. The molecule has 8 heteroatoms. The van der Waals surface area contributed by atoms with Crippen LogP contribution >= 0.6 is 0 Å². The standard InChI is InChI=1S/C15H23FN2O4Si/c1-9-12(22-23(5,6)15(2,3)4)11(16)13(21-9)18-8-7-10(19)17-14(18)20/h7-8,11-13H,1H2,2-6H3,(H,17,19,20)/t11-,12?,13-/m1/s1. The zero-order chi connectivity index (χ0) is 17.6. The van der Waals surface area contributed by atoms with E-state index in [2.05, 4.69) is 32.3 Å². The van der Waals surface area contributed by atoms with Gasteiger partial charge in [-0.3, -0.25) is 14.3 Å². The van der Waals surface area contributed by atoms with E-state index in [9.17, 15) is 14.0 Å². The van der Waals surface area contributed by atoms with E-state index in [4.69, 9.17) is 9.16 Å². The maximum absolute atomic E-state index is 14.8. The number of hydrogen-bond donors (Lipinski definition) is 1. The second-order valence-electron chi connectivity index (χ2n) is 7.24. The maximum Gasteiger partial charge on any atom is 0.331 e. The molecule has 0 bridgehead atoms. The summed E-state index contributed by atoms with van der Waals surface area (Å²) in [4.78, 5) is 25.0. The number of aromatic nitrogens is 2. The average molecular weight is 342 g/mol. The highest BCUT2D eigenvalue weighted by Crippen LogP contribution is 2.42. The van der Waals surface area contributed by atoms with Crippen LogP contribution in [0.15, 0.2) is 34.2 Å². The summed E-state index contributed by atoms with van der Waals surface area (Å²) in [6.45, 7) is 13.9. The Morgan fingerprint density at radius 2 is 2.00 bits per heavy atom. The van der Waals surface area contributed by atoms with Gasteiger partial charge in [-0.1, -0.05) is 27.4 Å². The number of hydrogen-bond acceptors (Lipinski definition) is 4. The van der Waals surface area contributed by atoms with Crippen molar-refractivity contribution in [3.8, 4) is 0 Å². The topological polar surface area (TPSA) is 73.3 Å². The third kappa shape index (κ3) is 3.32. The predicted molar refractivity (Wildman–Crippen MR) is 87.6 cm³/mol. The van der Waals surface area contributed by atoms with Gasteiger partial charge in [-0.25, -0.2) is 9.18 Å². The normalized spacial score (nSPS) is 25.5. The van der Waals surface area contributed by atoms with Gasteiger partial charge in [0.2, 0.25) is 6.23 Å². The summed E-state index contributed by atoms with van der Waals surface area (Å²) in [5, 5.41) is -0.0973. The number of nitrogens with zero attached hydrogens (tertiary/aromatic N) is 1. The molecule has 0 saturated carbocycles. The minimum absolute atomic E-state index is 0.0973. The molecule has 0 radical (unpaired) electrons. The van der Waals surface area contributed by atoms with Gasteiger partial charge in [0.25, 0.3) is 5.56 Å². The Morgan fingerprint density at radius 1 is 1.39 bits per heavy atom. The van der Waals surface area contributed by atoms with Crippen LogP contribution in [0, 0.1) is 0 Å². The Morgan fingerprint density at radius 3 is 2.52 bits per heavy atom. The van der Waals surface area contributed by atoms with Crippen LogP contribution in [0.2, 0.25) is 18.1 Å². The van der Waals surface area contributed by atoms with Gasteiger partial charge in [-0.05, 0) is 18.1 Å². The van der Waals surface area contributed by atoms with Gasteiger partial charge < -0.3 is 9.16 Å². The van der Waals surface area contributed by atoms with Crippen LogP contribution in [0.25, 0.3) is 0 Å². The smallest absolute Gasteiger partial charge is 0.331 e. The van der Waals surface area contributed by atoms with E-state index in [-0.39, 0.29) is 10.8 Å². The molecule has 1 aromatic rings. The van der Waals surface area contributed by atoms with Crippen molar-refractivity contribution in [2.75, 3.05) is 0 Å². The molecule has 1 saturated heterocycles. The van der Waals surface area contributed by atoms with Crippen molar-refractivity contribution in [3.63, 3.8) is 0 Å². The number of ether oxygens (including phenoxy) is 1. The first kappa shape index (κ1) is 17.7. The van der Waals surface area contributed by atoms with Crippen LogP contribution in [0.5, 0.6) is 0 Å². The highest BCUT2D eigenvalue weighted by Gasteiger charge is 2.49. The molecule has 0 aromatic carbocycles. The molecule has 0 spiro atoms. The SMILES string of the molecule is C=C1O[C@@H](n2ccc(=O)[nH]c2=O)[C@H](F)C1O[Si](C)(C)C(C)(C)C. The summed E-state index contributed by atoms with van der Waals surface area (Å²) in [5.41, 5.74) is -1.28. The first-order chi connectivity index (χ1) is 10.4. The van der Waals surface area contributed by atoms with E-state index in [1.54, 1.807) is 0 Å². The summed E-state index contributed by atoms with van der Waals surface area (Å²) < 4.78 is 27.3. The number of alkyl halides is 1. The van der Waals surface area contributed by atoms with Crippen molar-refractivity contribution in [3.05, 3.63) is 45.4 Å². The van der Waals surface area contributed by atoms with E-state index in [0.717, 1.165) is 10.6 Å². The van der Waals surface area contributed by atoms with Crippen LogP contribution in [0.4, 0.5) is 4.39 Å². The average Bonchev–Trinajstić information content (AvgIpc) is 2.65. The molecular weight excluding hydrogens is 319 g/mol. The van der Waals surface area contributed by atoms with E-state index in [1.807, 2.05) is 13.1 Å². The molecule has 1 aromatic heterocycles. The highest BCUT2D eigenvalue weighted by atomic mass is 28.4. The third-order valence-electron chi connectivity index (χ3n) is 4.50. The summed E-state index contributed by atoms with van der Waals surface area (Å²) in [7, 11) is -2.23. The second-order valence-corrected chi connectivity index (χ2v) is 12.0. The van der Waals surface area contributed by atoms with Gasteiger partial charge in [0.05, 0.1) is 0 Å². The molecule has 1 fully saturated rings. The lowest BCUT2D eigenvalue weighted by Crippen LogP contribution is -2.46. The molecule has 0 amide bonds. The maximum atomic E-state index is 14.8. The molecule has 1 N–H and O–H groups in total. The fourth-order valence-electron chi connectivity index (χ4n) is 2.08. The first-order valence-electron chi connectivity index (χ1n) is 7.43. The largest absolute Gasteiger partial charge is 0.469 e. The number of rotatable bonds is 3.